The number of hydrogen-bond donors (Lipinski definition) is 0. The van der Waals surface area contributed by atoms with Gasteiger partial charge >= 0.3 is 5.97 Å². The third-order valence-electron chi connectivity index (χ3n) is 29.0. The summed E-state index contributed by atoms with van der Waals surface area (Å²) >= 11 is 0. The van der Waals surface area contributed by atoms with E-state index in [1.807, 2.05) is 0 Å². The fraction of sp³-hybridized carbons (Fsp3) is 0.954. The van der Waals surface area contributed by atoms with E-state index in [0.717, 1.165) is 77.6 Å². The number of esters is 1. The molecule has 10 aliphatic rings. The summed E-state index contributed by atoms with van der Waals surface area (Å²) in [6.07, 6.45) is 37.3. The van der Waals surface area contributed by atoms with E-state index < -0.39 is 0 Å². The number of fused-ring (bicyclic) bond motifs is 14. The normalized spacial score (nSPS) is 53.8. The van der Waals surface area contributed by atoms with E-state index in [4.69, 9.17) is 4.74 Å². The van der Waals surface area contributed by atoms with E-state index in [1.54, 1.807) is 7.11 Å². The van der Waals surface area contributed by atoms with Gasteiger partial charge in [0.15, 0.2) is 0 Å². The number of allylic oxidation sites excluding steroid dienone is 1. The monoisotopic (exact) mass is 921 g/mol. The number of rotatable bonds is 8. The molecule has 0 aromatic carbocycles. The number of carbonyl (C=O) groups excluding carboxylic acids is 1. The van der Waals surface area contributed by atoms with Crippen LogP contribution in [0.1, 0.15) is 257 Å². The lowest BCUT2D eigenvalue weighted by Gasteiger charge is -2.73. The lowest BCUT2D eigenvalue weighted by Crippen LogP contribution is -2.65. The minimum absolute atomic E-state index is 0.0542. The van der Waals surface area contributed by atoms with Gasteiger partial charge in [-0.15, -0.1) is 0 Å². The summed E-state index contributed by atoms with van der Waals surface area (Å²) in [6.45, 7) is 38.1. The smallest absolute Gasteiger partial charge is 0.333 e. The van der Waals surface area contributed by atoms with Crippen molar-refractivity contribution >= 4 is 5.97 Å². The second-order valence-electron chi connectivity index (χ2n) is 31.6. The summed E-state index contributed by atoms with van der Waals surface area (Å²) in [5.41, 5.74) is 5.81. The molecule has 0 saturated heterocycles. The highest BCUT2D eigenvalue weighted by atomic mass is 16.5. The molecule has 67 heavy (non-hydrogen) atoms. The van der Waals surface area contributed by atoms with Gasteiger partial charge in [0.25, 0.3) is 0 Å². The number of methoxy groups -OCH3 is 1. The molecule has 0 bridgehead atoms. The van der Waals surface area contributed by atoms with Gasteiger partial charge in [-0.1, -0.05) is 116 Å². The van der Waals surface area contributed by atoms with E-state index in [-0.39, 0.29) is 5.97 Å². The Labute approximate surface area is 415 Å². The Balaban J connectivity index is 0.788. The SMILES string of the molecule is COC(=O)/C(=C/CC[C@@H](C)[C@H]1CC[C@]2(C)[C@H]3CC[C@@H]4[C@@]5(C)CCCC(C)(C)[C@@H]5CC[C@@]4(C)[C@]3(C)CC[C@@H]12)C[C@@H](C)[C@H]1CC[C@]2(C)[C@H]3CC[C@@H]4[C@@]5(C)CCCC(C)(C)[C@@H]5CC[C@@]4(C)[C@]3(C)CC[C@@H]12. The zero-order valence-electron chi connectivity index (χ0n) is 47.0. The minimum atomic E-state index is -0.0542. The predicted octanol–water partition coefficient (Wildman–Crippen LogP) is 18.5. The summed E-state index contributed by atoms with van der Waals surface area (Å²) < 4.78 is 5.59. The molecular weight excluding hydrogens is 813 g/mol. The van der Waals surface area contributed by atoms with Crippen LogP contribution >= 0.6 is 0 Å². The van der Waals surface area contributed by atoms with Crippen LogP contribution < -0.4 is 0 Å². The molecule has 0 heterocycles. The van der Waals surface area contributed by atoms with Gasteiger partial charge in [0.1, 0.15) is 0 Å². The van der Waals surface area contributed by atoms with Crippen LogP contribution in [0.15, 0.2) is 11.6 Å². The number of hydrogen-bond acceptors (Lipinski definition) is 2. The first kappa shape index (κ1) is 49.8. The summed E-state index contributed by atoms with van der Waals surface area (Å²) in [7, 11) is 1.63. The van der Waals surface area contributed by atoms with Crippen LogP contribution in [0, 0.1) is 125 Å². The van der Waals surface area contributed by atoms with E-state index in [9.17, 15) is 4.79 Å². The van der Waals surface area contributed by atoms with Gasteiger partial charge in [0.2, 0.25) is 0 Å². The highest BCUT2D eigenvalue weighted by molar-refractivity contribution is 5.88. The third kappa shape index (κ3) is 6.84. The quantitative estimate of drug-likeness (QED) is 0.179. The average molecular weight is 922 g/mol. The molecule has 0 radical (unpaired) electrons. The zero-order chi connectivity index (χ0) is 48.2. The Hall–Kier alpha value is -0.790. The van der Waals surface area contributed by atoms with Crippen molar-refractivity contribution in [3.8, 4) is 0 Å². The number of carbonyl (C=O) groups is 1. The Bertz CT molecular complexity index is 1920. The van der Waals surface area contributed by atoms with Crippen molar-refractivity contribution in [1.82, 2.24) is 0 Å². The molecule has 2 nitrogen and oxygen atoms in total. The first-order chi connectivity index (χ1) is 31.3. The topological polar surface area (TPSA) is 26.3 Å². The first-order valence-corrected chi connectivity index (χ1v) is 30.1. The molecule has 20 atom stereocenters. The molecule has 0 aliphatic heterocycles. The second-order valence-corrected chi connectivity index (χ2v) is 31.6. The Morgan fingerprint density at radius 3 is 1.27 bits per heavy atom. The molecule has 10 fully saturated rings. The van der Waals surface area contributed by atoms with Crippen LogP contribution in [-0.2, 0) is 9.53 Å². The van der Waals surface area contributed by atoms with E-state index in [2.05, 4.69) is 103 Å². The van der Waals surface area contributed by atoms with Crippen molar-refractivity contribution in [3.05, 3.63) is 11.6 Å². The molecule has 380 valence electrons. The zero-order valence-corrected chi connectivity index (χ0v) is 47.0. The molecule has 0 spiro atoms. The Morgan fingerprint density at radius 2 is 0.851 bits per heavy atom. The van der Waals surface area contributed by atoms with Crippen LogP contribution in [0.4, 0.5) is 0 Å². The molecule has 0 amide bonds. The summed E-state index contributed by atoms with van der Waals surface area (Å²) in [4.78, 5) is 13.7. The van der Waals surface area contributed by atoms with E-state index in [1.165, 1.54) is 148 Å². The molecule has 10 saturated carbocycles. The van der Waals surface area contributed by atoms with Crippen molar-refractivity contribution in [2.45, 2.75) is 257 Å². The fourth-order valence-corrected chi connectivity index (χ4v) is 25.6. The van der Waals surface area contributed by atoms with Crippen molar-refractivity contribution in [1.29, 1.82) is 0 Å². The molecule has 0 aromatic heterocycles. The third-order valence-corrected chi connectivity index (χ3v) is 29.0. The van der Waals surface area contributed by atoms with Gasteiger partial charge in [0.05, 0.1) is 7.11 Å². The standard InChI is InChI=1S/C65H108O2/c1-42(45-25-35-58(7)47(45)27-37-62(11)51(58)21-23-53-60(9)33-17-31-56(3,4)49(60)29-39-64(53,62)13)19-16-20-44(55(66)67-15)41-43(2)46-26-36-59(8)48(46)28-38-63(12)52(59)22-24-54-61(10)34-18-32-57(5,6)50(61)30-40-65(54,63)14/h20,42-43,45-54H,16-19,21-41H2,1-15H3/b44-20+/t42-,43-,45-,46-,47+,48+,49+,50+,51-,52-,53-,54-,58+,59+,60+,61+,62-,63-,64-,65-/m1/s1. The maximum absolute atomic E-state index is 13.7. The van der Waals surface area contributed by atoms with Gasteiger partial charge in [-0.05, 0) is 273 Å². The predicted molar refractivity (Wildman–Crippen MR) is 281 cm³/mol. The largest absolute Gasteiger partial charge is 0.466 e. The van der Waals surface area contributed by atoms with E-state index >= 15 is 0 Å². The van der Waals surface area contributed by atoms with Crippen LogP contribution in [0.5, 0.6) is 0 Å². The highest BCUT2D eigenvalue weighted by Crippen LogP contribution is 2.80. The minimum Gasteiger partial charge on any atom is -0.466 e. The maximum Gasteiger partial charge on any atom is 0.333 e. The van der Waals surface area contributed by atoms with Gasteiger partial charge in [-0.3, -0.25) is 0 Å². The molecule has 0 aromatic rings. The lowest BCUT2D eigenvalue weighted by atomic mass is 9.32. The molecule has 10 rings (SSSR count). The summed E-state index contributed by atoms with van der Waals surface area (Å²) in [5.74, 6) is 9.70. The summed E-state index contributed by atoms with van der Waals surface area (Å²) in [5, 5.41) is 0. The maximum atomic E-state index is 13.7. The van der Waals surface area contributed by atoms with Crippen molar-refractivity contribution in [3.63, 3.8) is 0 Å². The Morgan fingerprint density at radius 1 is 0.463 bits per heavy atom. The fourth-order valence-electron chi connectivity index (χ4n) is 25.6. The summed E-state index contributed by atoms with van der Waals surface area (Å²) in [6, 6.07) is 0. The first-order valence-electron chi connectivity index (χ1n) is 30.1. The lowest BCUT2D eigenvalue weighted by molar-refractivity contribution is -0.241. The van der Waals surface area contributed by atoms with Gasteiger partial charge in [-0.2, -0.15) is 0 Å². The molecule has 0 unspecified atom stereocenters. The van der Waals surface area contributed by atoms with Crippen molar-refractivity contribution in [2.75, 3.05) is 7.11 Å². The highest BCUT2D eigenvalue weighted by Gasteiger charge is 2.72. The van der Waals surface area contributed by atoms with Gasteiger partial charge in [-0.25, -0.2) is 4.79 Å². The number of ether oxygens (including phenoxy) is 1. The van der Waals surface area contributed by atoms with Gasteiger partial charge in [0, 0.05) is 5.57 Å². The Kier molecular flexibility index (Phi) is 12.2. The van der Waals surface area contributed by atoms with Crippen LogP contribution in [0.2, 0.25) is 0 Å². The molecule has 0 N–H and O–H groups in total. The van der Waals surface area contributed by atoms with Crippen LogP contribution in [0.25, 0.3) is 0 Å². The molecule has 10 aliphatic carbocycles. The molecule has 2 heteroatoms. The van der Waals surface area contributed by atoms with Gasteiger partial charge < -0.3 is 4.74 Å². The van der Waals surface area contributed by atoms with Crippen LogP contribution in [-0.4, -0.2) is 13.1 Å². The van der Waals surface area contributed by atoms with E-state index in [0.29, 0.717) is 66.0 Å². The second kappa shape index (κ2) is 16.4. The van der Waals surface area contributed by atoms with Crippen molar-refractivity contribution in [2.24, 2.45) is 125 Å². The van der Waals surface area contributed by atoms with Crippen molar-refractivity contribution < 1.29 is 9.53 Å². The molecular formula is C65H108O2. The van der Waals surface area contributed by atoms with Crippen LogP contribution in [0.3, 0.4) is 0 Å². The average Bonchev–Trinajstić information content (AvgIpc) is 3.79.